The molecule has 0 N–H and O–H groups in total. The van der Waals surface area contributed by atoms with Crippen molar-refractivity contribution in [3.63, 3.8) is 0 Å². The molecule has 0 saturated carbocycles. The topological polar surface area (TPSA) is 18.5 Å². The first-order chi connectivity index (χ1) is 8.29. The Morgan fingerprint density at radius 1 is 1.41 bits per heavy atom. The molecule has 2 unspecified atom stereocenters. The highest BCUT2D eigenvalue weighted by molar-refractivity contribution is 6.20. The summed E-state index contributed by atoms with van der Waals surface area (Å²) in [7, 11) is 1.67. The minimum absolute atomic E-state index is 0.0742. The Labute approximate surface area is 108 Å². The average Bonchev–Trinajstić information content (AvgIpc) is 2.89. The molecule has 0 aromatic heterocycles. The molecule has 1 heterocycles. The second-order valence-electron chi connectivity index (χ2n) is 4.45. The summed E-state index contributed by atoms with van der Waals surface area (Å²) in [6.45, 7) is 0.917. The SMILES string of the molecule is COc1ccc(C(Cl)CCC2CCCO2)cc1. The van der Waals surface area contributed by atoms with Crippen molar-refractivity contribution in [2.75, 3.05) is 13.7 Å². The number of hydrogen-bond donors (Lipinski definition) is 0. The van der Waals surface area contributed by atoms with Crippen LogP contribution >= 0.6 is 11.6 Å². The largest absolute Gasteiger partial charge is 0.497 e. The second-order valence-corrected chi connectivity index (χ2v) is 4.98. The maximum Gasteiger partial charge on any atom is 0.118 e. The number of methoxy groups -OCH3 is 1. The number of benzene rings is 1. The van der Waals surface area contributed by atoms with Crippen molar-refractivity contribution in [3.8, 4) is 5.75 Å². The van der Waals surface area contributed by atoms with Gasteiger partial charge in [0.25, 0.3) is 0 Å². The van der Waals surface area contributed by atoms with Crippen molar-refractivity contribution in [1.82, 2.24) is 0 Å². The van der Waals surface area contributed by atoms with Gasteiger partial charge in [0.05, 0.1) is 18.6 Å². The molecule has 1 fully saturated rings. The first-order valence-corrected chi connectivity index (χ1v) is 6.63. The third kappa shape index (κ3) is 3.62. The summed E-state index contributed by atoms with van der Waals surface area (Å²) in [5, 5.41) is 0.0742. The van der Waals surface area contributed by atoms with E-state index in [1.807, 2.05) is 24.3 Å². The van der Waals surface area contributed by atoms with Gasteiger partial charge in [-0.1, -0.05) is 12.1 Å². The fourth-order valence-electron chi connectivity index (χ4n) is 2.18. The second kappa shape index (κ2) is 6.27. The average molecular weight is 255 g/mol. The minimum atomic E-state index is 0.0742. The molecular weight excluding hydrogens is 236 g/mol. The van der Waals surface area contributed by atoms with Gasteiger partial charge in [0.15, 0.2) is 0 Å². The zero-order valence-corrected chi connectivity index (χ0v) is 11.0. The molecule has 1 aliphatic heterocycles. The molecule has 0 radical (unpaired) electrons. The highest BCUT2D eigenvalue weighted by atomic mass is 35.5. The molecule has 3 heteroatoms. The molecule has 17 heavy (non-hydrogen) atoms. The van der Waals surface area contributed by atoms with Crippen LogP contribution in [0.2, 0.25) is 0 Å². The van der Waals surface area contributed by atoms with Crippen molar-refractivity contribution in [2.24, 2.45) is 0 Å². The van der Waals surface area contributed by atoms with Crippen LogP contribution < -0.4 is 4.74 Å². The zero-order chi connectivity index (χ0) is 12.1. The van der Waals surface area contributed by atoms with Crippen LogP contribution in [0.15, 0.2) is 24.3 Å². The molecule has 1 aromatic carbocycles. The third-order valence-electron chi connectivity index (χ3n) is 3.24. The monoisotopic (exact) mass is 254 g/mol. The van der Waals surface area contributed by atoms with E-state index in [1.54, 1.807) is 7.11 Å². The lowest BCUT2D eigenvalue weighted by Gasteiger charge is -2.13. The third-order valence-corrected chi connectivity index (χ3v) is 3.71. The fourth-order valence-corrected chi connectivity index (χ4v) is 2.46. The van der Waals surface area contributed by atoms with Gasteiger partial charge in [-0.2, -0.15) is 0 Å². The molecule has 0 aliphatic carbocycles. The lowest BCUT2D eigenvalue weighted by Crippen LogP contribution is -2.05. The van der Waals surface area contributed by atoms with E-state index >= 15 is 0 Å². The Bertz CT molecular complexity index is 331. The first kappa shape index (κ1) is 12.7. The number of hydrogen-bond acceptors (Lipinski definition) is 2. The number of alkyl halides is 1. The maximum absolute atomic E-state index is 6.38. The van der Waals surface area contributed by atoms with Crippen LogP contribution in [0.3, 0.4) is 0 Å². The van der Waals surface area contributed by atoms with Crippen LogP contribution in [0.25, 0.3) is 0 Å². The summed E-state index contributed by atoms with van der Waals surface area (Å²) >= 11 is 6.38. The summed E-state index contributed by atoms with van der Waals surface area (Å²) in [6.07, 6.45) is 4.83. The van der Waals surface area contributed by atoms with E-state index in [4.69, 9.17) is 21.1 Å². The fraction of sp³-hybridized carbons (Fsp3) is 0.571. The normalized spacial score (nSPS) is 21.4. The molecule has 2 rings (SSSR count). The van der Waals surface area contributed by atoms with Crippen molar-refractivity contribution in [3.05, 3.63) is 29.8 Å². The van der Waals surface area contributed by atoms with Gasteiger partial charge in [-0.05, 0) is 43.4 Å². The maximum atomic E-state index is 6.38. The summed E-state index contributed by atoms with van der Waals surface area (Å²) in [4.78, 5) is 0. The van der Waals surface area contributed by atoms with Crippen LogP contribution in [-0.2, 0) is 4.74 Å². The number of rotatable bonds is 5. The van der Waals surface area contributed by atoms with Crippen LogP contribution in [0, 0.1) is 0 Å². The van der Waals surface area contributed by atoms with Crippen molar-refractivity contribution >= 4 is 11.6 Å². The Morgan fingerprint density at radius 3 is 2.76 bits per heavy atom. The van der Waals surface area contributed by atoms with E-state index in [9.17, 15) is 0 Å². The summed E-state index contributed by atoms with van der Waals surface area (Å²) in [6, 6.07) is 7.98. The van der Waals surface area contributed by atoms with Crippen molar-refractivity contribution in [1.29, 1.82) is 0 Å². The van der Waals surface area contributed by atoms with Crippen molar-refractivity contribution in [2.45, 2.75) is 37.2 Å². The molecule has 0 amide bonds. The van der Waals surface area contributed by atoms with E-state index < -0.39 is 0 Å². The summed E-state index contributed by atoms with van der Waals surface area (Å²) in [5.74, 6) is 0.872. The molecule has 2 nitrogen and oxygen atoms in total. The highest BCUT2D eigenvalue weighted by Crippen LogP contribution is 2.29. The standard InChI is InChI=1S/C14H19ClO2/c1-16-12-6-4-11(5-7-12)14(15)9-8-13-3-2-10-17-13/h4-7,13-14H,2-3,8-10H2,1H3. The van der Waals surface area contributed by atoms with Gasteiger partial charge in [0.2, 0.25) is 0 Å². The van der Waals surface area contributed by atoms with E-state index in [1.165, 1.54) is 12.8 Å². The van der Waals surface area contributed by atoms with E-state index in [-0.39, 0.29) is 5.38 Å². The Balaban J connectivity index is 1.83. The molecule has 0 spiro atoms. The molecule has 1 aliphatic rings. The van der Waals surface area contributed by atoms with Crippen LogP contribution in [0.5, 0.6) is 5.75 Å². The predicted molar refractivity (Wildman–Crippen MR) is 69.8 cm³/mol. The predicted octanol–water partition coefficient (Wildman–Crippen LogP) is 3.93. The minimum Gasteiger partial charge on any atom is -0.497 e. The van der Waals surface area contributed by atoms with Gasteiger partial charge in [0.1, 0.15) is 5.75 Å². The number of ether oxygens (including phenoxy) is 2. The summed E-state index contributed by atoms with van der Waals surface area (Å²) < 4.78 is 10.7. The van der Waals surface area contributed by atoms with Crippen LogP contribution in [0.1, 0.15) is 36.6 Å². The molecule has 0 bridgehead atoms. The molecule has 2 atom stereocenters. The summed E-state index contributed by atoms with van der Waals surface area (Å²) in [5.41, 5.74) is 1.16. The zero-order valence-electron chi connectivity index (χ0n) is 10.2. The van der Waals surface area contributed by atoms with Gasteiger partial charge < -0.3 is 9.47 Å². The molecule has 1 saturated heterocycles. The van der Waals surface area contributed by atoms with Gasteiger partial charge in [-0.15, -0.1) is 11.6 Å². The van der Waals surface area contributed by atoms with Crippen LogP contribution in [-0.4, -0.2) is 19.8 Å². The van der Waals surface area contributed by atoms with E-state index in [2.05, 4.69) is 0 Å². The van der Waals surface area contributed by atoms with Gasteiger partial charge in [-0.3, -0.25) is 0 Å². The smallest absolute Gasteiger partial charge is 0.118 e. The molecular formula is C14H19ClO2. The Morgan fingerprint density at radius 2 is 2.18 bits per heavy atom. The molecule has 94 valence electrons. The molecule has 1 aromatic rings. The Kier molecular flexibility index (Phi) is 4.69. The van der Waals surface area contributed by atoms with E-state index in [0.29, 0.717) is 6.10 Å². The van der Waals surface area contributed by atoms with Gasteiger partial charge in [0, 0.05) is 6.61 Å². The van der Waals surface area contributed by atoms with Gasteiger partial charge >= 0.3 is 0 Å². The Hall–Kier alpha value is -0.730. The lowest BCUT2D eigenvalue weighted by molar-refractivity contribution is 0.102. The highest BCUT2D eigenvalue weighted by Gasteiger charge is 2.17. The van der Waals surface area contributed by atoms with Gasteiger partial charge in [-0.25, -0.2) is 0 Å². The van der Waals surface area contributed by atoms with E-state index in [0.717, 1.165) is 30.8 Å². The lowest BCUT2D eigenvalue weighted by atomic mass is 10.0. The quantitative estimate of drug-likeness (QED) is 0.741. The van der Waals surface area contributed by atoms with Crippen LogP contribution in [0.4, 0.5) is 0 Å². The number of halogens is 1. The first-order valence-electron chi connectivity index (χ1n) is 6.19. The van der Waals surface area contributed by atoms with Crippen molar-refractivity contribution < 1.29 is 9.47 Å².